The number of hydrogen-bond donors (Lipinski definition) is 1. The molecule has 0 bridgehead atoms. The number of nitrogens with one attached hydrogen (secondary N) is 1. The van der Waals surface area contributed by atoms with Crippen LogP contribution in [0.2, 0.25) is 0 Å². The van der Waals surface area contributed by atoms with Gasteiger partial charge in [-0.1, -0.05) is 13.3 Å². The van der Waals surface area contributed by atoms with E-state index in [9.17, 15) is 9.59 Å². The van der Waals surface area contributed by atoms with Gasteiger partial charge in [-0.05, 0) is 18.6 Å². The van der Waals surface area contributed by atoms with E-state index in [4.69, 9.17) is 4.42 Å². The maximum absolute atomic E-state index is 12.6. The van der Waals surface area contributed by atoms with Crippen LogP contribution in [0.15, 0.2) is 35.2 Å². The average molecular weight is 357 g/mol. The zero-order valence-corrected chi connectivity index (χ0v) is 14.9. The lowest BCUT2D eigenvalue weighted by Gasteiger charge is -2.34. The van der Waals surface area contributed by atoms with Crippen LogP contribution in [0.5, 0.6) is 0 Å². The number of rotatable bonds is 6. The van der Waals surface area contributed by atoms with Gasteiger partial charge in [0.25, 0.3) is 11.8 Å². The van der Waals surface area contributed by atoms with Crippen LogP contribution >= 0.6 is 0 Å². The van der Waals surface area contributed by atoms with Gasteiger partial charge in [0.2, 0.25) is 5.95 Å². The van der Waals surface area contributed by atoms with Gasteiger partial charge in [-0.3, -0.25) is 9.59 Å². The quantitative estimate of drug-likeness (QED) is 0.794. The topological polar surface area (TPSA) is 91.6 Å². The molecule has 8 nitrogen and oxygen atoms in total. The summed E-state index contributed by atoms with van der Waals surface area (Å²) in [5.41, 5.74) is 0.455. The Morgan fingerprint density at radius 3 is 2.35 bits per heavy atom. The predicted octanol–water partition coefficient (Wildman–Crippen LogP) is 1.88. The molecule has 138 valence electrons. The molecule has 1 N–H and O–H groups in total. The second kappa shape index (κ2) is 8.46. The Morgan fingerprint density at radius 1 is 1.12 bits per heavy atom. The molecule has 3 heterocycles. The summed E-state index contributed by atoms with van der Waals surface area (Å²) in [5.74, 6) is 0.594. The summed E-state index contributed by atoms with van der Waals surface area (Å²) in [6.07, 6.45) is 6.71. The zero-order chi connectivity index (χ0) is 18.4. The van der Waals surface area contributed by atoms with Gasteiger partial charge in [-0.15, -0.1) is 0 Å². The summed E-state index contributed by atoms with van der Waals surface area (Å²) in [6.45, 7) is 4.83. The fraction of sp³-hybridized carbons (Fsp3) is 0.444. The van der Waals surface area contributed by atoms with Gasteiger partial charge >= 0.3 is 0 Å². The van der Waals surface area contributed by atoms with Crippen molar-refractivity contribution in [1.29, 1.82) is 0 Å². The van der Waals surface area contributed by atoms with Gasteiger partial charge in [-0.2, -0.15) is 0 Å². The molecule has 0 atom stereocenters. The Bertz CT molecular complexity index is 722. The Balaban J connectivity index is 1.52. The van der Waals surface area contributed by atoms with Crippen LogP contribution in [-0.4, -0.2) is 64.3 Å². The highest BCUT2D eigenvalue weighted by molar-refractivity contribution is 5.94. The number of carbonyl (C=O) groups excluding carboxylic acids is 2. The van der Waals surface area contributed by atoms with Crippen LogP contribution in [-0.2, 0) is 0 Å². The highest BCUT2D eigenvalue weighted by Crippen LogP contribution is 2.12. The fourth-order valence-corrected chi connectivity index (χ4v) is 2.76. The van der Waals surface area contributed by atoms with E-state index in [1.165, 1.54) is 6.26 Å². The molecule has 0 aliphatic carbocycles. The molecule has 0 aromatic carbocycles. The minimum absolute atomic E-state index is 0.116. The van der Waals surface area contributed by atoms with Crippen molar-refractivity contribution >= 4 is 17.8 Å². The van der Waals surface area contributed by atoms with Crippen LogP contribution in [0.25, 0.3) is 0 Å². The molecule has 1 saturated heterocycles. The van der Waals surface area contributed by atoms with Crippen LogP contribution in [0, 0.1) is 0 Å². The van der Waals surface area contributed by atoms with E-state index in [0.29, 0.717) is 43.5 Å². The highest BCUT2D eigenvalue weighted by atomic mass is 16.3. The highest BCUT2D eigenvalue weighted by Gasteiger charge is 2.26. The molecule has 0 radical (unpaired) electrons. The summed E-state index contributed by atoms with van der Waals surface area (Å²) in [4.78, 5) is 36.6. The lowest BCUT2D eigenvalue weighted by atomic mass is 10.2. The minimum Gasteiger partial charge on any atom is -0.459 e. The molecule has 2 aromatic heterocycles. The Labute approximate surface area is 152 Å². The summed E-state index contributed by atoms with van der Waals surface area (Å²) in [5, 5.41) is 3.12. The van der Waals surface area contributed by atoms with Crippen molar-refractivity contribution in [2.45, 2.75) is 19.8 Å². The second-order valence-electron chi connectivity index (χ2n) is 6.14. The number of unbranched alkanes of at least 4 members (excludes halogenated alkanes) is 1. The Kier molecular flexibility index (Phi) is 5.83. The van der Waals surface area contributed by atoms with Crippen molar-refractivity contribution in [3.63, 3.8) is 0 Å². The van der Waals surface area contributed by atoms with Crippen LogP contribution in [0.1, 0.15) is 40.7 Å². The van der Waals surface area contributed by atoms with Gasteiger partial charge in [0.1, 0.15) is 0 Å². The van der Waals surface area contributed by atoms with Crippen molar-refractivity contribution < 1.29 is 14.0 Å². The standard InChI is InChI=1S/C18H23N5O3/c1-2-3-6-19-18-20-12-14(13-21-18)16(24)22-7-9-23(10-8-22)17(25)15-5-4-11-26-15/h4-5,11-13H,2-3,6-10H2,1H3,(H,19,20,21). The minimum atomic E-state index is -0.145. The molecule has 0 saturated carbocycles. The van der Waals surface area contributed by atoms with Crippen molar-refractivity contribution in [3.05, 3.63) is 42.1 Å². The van der Waals surface area contributed by atoms with Gasteiger partial charge in [0.15, 0.2) is 5.76 Å². The van der Waals surface area contributed by atoms with Crippen molar-refractivity contribution in [2.75, 3.05) is 38.0 Å². The third kappa shape index (κ3) is 4.19. The number of aromatic nitrogens is 2. The first kappa shape index (κ1) is 17.9. The van der Waals surface area contributed by atoms with Crippen LogP contribution in [0.4, 0.5) is 5.95 Å². The number of nitrogens with zero attached hydrogens (tertiary/aromatic N) is 4. The predicted molar refractivity (Wildman–Crippen MR) is 95.9 cm³/mol. The first-order valence-corrected chi connectivity index (χ1v) is 8.87. The Hall–Kier alpha value is -2.90. The number of furan rings is 1. The molecule has 1 fully saturated rings. The fourth-order valence-electron chi connectivity index (χ4n) is 2.76. The van der Waals surface area contributed by atoms with E-state index < -0.39 is 0 Å². The number of piperazine rings is 1. The third-order valence-corrected chi connectivity index (χ3v) is 4.30. The summed E-state index contributed by atoms with van der Waals surface area (Å²) >= 11 is 0. The summed E-state index contributed by atoms with van der Waals surface area (Å²) in [6, 6.07) is 3.33. The lowest BCUT2D eigenvalue weighted by molar-refractivity contribution is 0.0517. The van der Waals surface area contributed by atoms with Crippen molar-refractivity contribution in [3.8, 4) is 0 Å². The SMILES string of the molecule is CCCCNc1ncc(C(=O)N2CCN(C(=O)c3ccco3)CC2)cn1. The molecule has 0 unspecified atom stereocenters. The van der Waals surface area contributed by atoms with Gasteiger partial charge in [-0.25, -0.2) is 9.97 Å². The van der Waals surface area contributed by atoms with Gasteiger partial charge in [0.05, 0.1) is 11.8 Å². The van der Waals surface area contributed by atoms with Gasteiger partial charge in [0, 0.05) is 45.1 Å². The molecule has 2 amide bonds. The monoisotopic (exact) mass is 357 g/mol. The molecule has 2 aromatic rings. The van der Waals surface area contributed by atoms with Gasteiger partial charge < -0.3 is 19.5 Å². The number of anilines is 1. The average Bonchev–Trinajstić information content (AvgIpc) is 3.23. The summed E-state index contributed by atoms with van der Waals surface area (Å²) < 4.78 is 5.14. The zero-order valence-electron chi connectivity index (χ0n) is 14.9. The molecule has 8 heteroatoms. The molecule has 3 rings (SSSR count). The first-order chi connectivity index (χ1) is 12.7. The van der Waals surface area contributed by atoms with E-state index in [0.717, 1.165) is 19.4 Å². The van der Waals surface area contributed by atoms with Crippen molar-refractivity contribution in [1.82, 2.24) is 19.8 Å². The molecular formula is C18H23N5O3. The molecule has 1 aliphatic rings. The third-order valence-electron chi connectivity index (χ3n) is 4.30. The number of carbonyl (C=O) groups is 2. The van der Waals surface area contributed by atoms with Crippen molar-refractivity contribution in [2.24, 2.45) is 0 Å². The Morgan fingerprint density at radius 2 is 1.77 bits per heavy atom. The molecule has 0 spiro atoms. The number of amides is 2. The van der Waals surface area contributed by atoms with E-state index in [2.05, 4.69) is 22.2 Å². The smallest absolute Gasteiger partial charge is 0.289 e. The lowest BCUT2D eigenvalue weighted by Crippen LogP contribution is -2.50. The first-order valence-electron chi connectivity index (χ1n) is 8.87. The van der Waals surface area contributed by atoms with E-state index in [-0.39, 0.29) is 11.8 Å². The normalized spacial score (nSPS) is 14.3. The molecule has 26 heavy (non-hydrogen) atoms. The number of hydrogen-bond acceptors (Lipinski definition) is 6. The maximum atomic E-state index is 12.6. The summed E-state index contributed by atoms with van der Waals surface area (Å²) in [7, 11) is 0. The maximum Gasteiger partial charge on any atom is 0.289 e. The largest absolute Gasteiger partial charge is 0.459 e. The van der Waals surface area contributed by atoms with Crippen LogP contribution < -0.4 is 5.32 Å². The molecular weight excluding hydrogens is 334 g/mol. The second-order valence-corrected chi connectivity index (χ2v) is 6.14. The van der Waals surface area contributed by atoms with E-state index in [1.807, 2.05) is 0 Å². The van der Waals surface area contributed by atoms with E-state index >= 15 is 0 Å². The van der Waals surface area contributed by atoms with Crippen LogP contribution in [0.3, 0.4) is 0 Å². The van der Waals surface area contributed by atoms with E-state index in [1.54, 1.807) is 34.3 Å². The molecule has 1 aliphatic heterocycles.